The summed E-state index contributed by atoms with van der Waals surface area (Å²) in [5.74, 6) is 2.23. The predicted octanol–water partition coefficient (Wildman–Crippen LogP) is 5.29. The minimum absolute atomic E-state index is 0.725. The molecule has 0 heterocycles. The van der Waals surface area contributed by atoms with E-state index in [0.717, 1.165) is 30.8 Å². The molecule has 1 aromatic rings. The maximum absolute atomic E-state index is 3.65. The first kappa shape index (κ1) is 17.7. The van der Waals surface area contributed by atoms with Gasteiger partial charge in [0.25, 0.3) is 0 Å². The number of hydrogen-bond acceptors (Lipinski definition) is 1. The molecular weight excluding hydrogens is 310 g/mol. The van der Waals surface area contributed by atoms with Gasteiger partial charge in [0.1, 0.15) is 0 Å². The van der Waals surface area contributed by atoms with Crippen molar-refractivity contribution in [1.29, 1.82) is 0 Å². The van der Waals surface area contributed by atoms with Gasteiger partial charge in [-0.15, -0.1) is 0 Å². The Labute approximate surface area is 133 Å². The molecule has 0 fully saturated rings. The lowest BCUT2D eigenvalue weighted by molar-refractivity contribution is 0.313. The highest BCUT2D eigenvalue weighted by molar-refractivity contribution is 9.10. The first-order valence-electron chi connectivity index (χ1n) is 7.98. The molecule has 2 unspecified atom stereocenters. The molecule has 2 atom stereocenters. The Kier molecular flexibility index (Phi) is 8.47. The topological polar surface area (TPSA) is 12.0 Å². The van der Waals surface area contributed by atoms with E-state index in [1.807, 2.05) is 0 Å². The van der Waals surface area contributed by atoms with Gasteiger partial charge in [0, 0.05) is 4.47 Å². The van der Waals surface area contributed by atoms with Crippen LogP contribution in [0.3, 0.4) is 0 Å². The molecule has 0 aromatic heterocycles. The highest BCUT2D eigenvalue weighted by atomic mass is 79.9. The first-order valence-corrected chi connectivity index (χ1v) is 8.77. The zero-order valence-electron chi connectivity index (χ0n) is 13.5. The van der Waals surface area contributed by atoms with Gasteiger partial charge in [0.05, 0.1) is 0 Å². The molecule has 0 aliphatic carbocycles. The monoisotopic (exact) mass is 339 g/mol. The molecule has 0 spiro atoms. The molecule has 0 aliphatic rings. The molecule has 0 aliphatic heterocycles. The Morgan fingerprint density at radius 1 is 1.15 bits per heavy atom. The van der Waals surface area contributed by atoms with E-state index in [2.05, 4.69) is 73.2 Å². The highest BCUT2D eigenvalue weighted by Gasteiger charge is 2.17. The van der Waals surface area contributed by atoms with Gasteiger partial charge < -0.3 is 5.32 Å². The molecule has 0 amide bonds. The van der Waals surface area contributed by atoms with Crippen LogP contribution in [0.1, 0.15) is 46.1 Å². The summed E-state index contributed by atoms with van der Waals surface area (Å²) in [5.41, 5.74) is 1.44. The van der Waals surface area contributed by atoms with Crippen LogP contribution >= 0.6 is 15.9 Å². The minimum Gasteiger partial charge on any atom is -0.316 e. The molecule has 0 radical (unpaired) electrons. The van der Waals surface area contributed by atoms with Crippen LogP contribution < -0.4 is 5.32 Å². The summed E-state index contributed by atoms with van der Waals surface area (Å²) in [4.78, 5) is 0. The van der Waals surface area contributed by atoms with Crippen molar-refractivity contribution in [2.75, 3.05) is 13.1 Å². The maximum atomic E-state index is 3.65. The summed E-state index contributed by atoms with van der Waals surface area (Å²) in [6.45, 7) is 11.5. The van der Waals surface area contributed by atoms with Gasteiger partial charge in [-0.25, -0.2) is 0 Å². The number of rotatable bonds is 9. The molecule has 20 heavy (non-hydrogen) atoms. The van der Waals surface area contributed by atoms with Crippen LogP contribution in [0.5, 0.6) is 0 Å². The second-order valence-corrected chi connectivity index (χ2v) is 7.33. The van der Waals surface area contributed by atoms with Crippen molar-refractivity contribution in [3.05, 3.63) is 34.3 Å². The Balaban J connectivity index is 2.61. The standard InChI is InChI=1S/C18H30BrN/c1-5-7-15(4)17(13-20-12-14(2)3)10-16-8-6-9-18(19)11-16/h6,8-9,11,14-15,17,20H,5,7,10,12-13H2,1-4H3. The summed E-state index contributed by atoms with van der Waals surface area (Å²) in [5, 5.41) is 3.65. The predicted molar refractivity (Wildman–Crippen MR) is 93.1 cm³/mol. The smallest absolute Gasteiger partial charge is 0.0177 e. The maximum Gasteiger partial charge on any atom is 0.0177 e. The van der Waals surface area contributed by atoms with Crippen LogP contribution in [0.2, 0.25) is 0 Å². The van der Waals surface area contributed by atoms with E-state index in [4.69, 9.17) is 0 Å². The van der Waals surface area contributed by atoms with E-state index in [-0.39, 0.29) is 0 Å². The van der Waals surface area contributed by atoms with Crippen molar-refractivity contribution in [1.82, 2.24) is 5.32 Å². The zero-order valence-corrected chi connectivity index (χ0v) is 15.0. The van der Waals surface area contributed by atoms with Gasteiger partial charge >= 0.3 is 0 Å². The van der Waals surface area contributed by atoms with Crippen LogP contribution in [0.15, 0.2) is 28.7 Å². The van der Waals surface area contributed by atoms with Crippen molar-refractivity contribution >= 4 is 15.9 Å². The van der Waals surface area contributed by atoms with Gasteiger partial charge in [-0.2, -0.15) is 0 Å². The van der Waals surface area contributed by atoms with E-state index < -0.39 is 0 Å². The van der Waals surface area contributed by atoms with Crippen LogP contribution in [-0.2, 0) is 6.42 Å². The third kappa shape index (κ3) is 6.90. The summed E-state index contributed by atoms with van der Waals surface area (Å²) < 4.78 is 1.19. The molecule has 1 nitrogen and oxygen atoms in total. The quantitative estimate of drug-likeness (QED) is 0.644. The SMILES string of the molecule is CCCC(C)C(CNCC(C)C)Cc1cccc(Br)c1. The Hall–Kier alpha value is -0.340. The van der Waals surface area contributed by atoms with E-state index in [1.165, 1.54) is 29.3 Å². The van der Waals surface area contributed by atoms with E-state index in [1.54, 1.807) is 0 Å². The van der Waals surface area contributed by atoms with Crippen LogP contribution in [-0.4, -0.2) is 13.1 Å². The Morgan fingerprint density at radius 2 is 1.90 bits per heavy atom. The third-order valence-electron chi connectivity index (χ3n) is 3.89. The molecule has 0 saturated carbocycles. The highest BCUT2D eigenvalue weighted by Crippen LogP contribution is 2.23. The van der Waals surface area contributed by atoms with Crippen LogP contribution in [0, 0.1) is 17.8 Å². The summed E-state index contributed by atoms with van der Waals surface area (Å²) in [6, 6.07) is 8.75. The number of nitrogens with one attached hydrogen (secondary N) is 1. The fraction of sp³-hybridized carbons (Fsp3) is 0.667. The van der Waals surface area contributed by atoms with Crippen molar-refractivity contribution < 1.29 is 0 Å². The second-order valence-electron chi connectivity index (χ2n) is 6.41. The van der Waals surface area contributed by atoms with E-state index in [9.17, 15) is 0 Å². The lowest BCUT2D eigenvalue weighted by Gasteiger charge is -2.25. The lowest BCUT2D eigenvalue weighted by Crippen LogP contribution is -2.31. The fourth-order valence-corrected chi connectivity index (χ4v) is 3.14. The summed E-state index contributed by atoms with van der Waals surface area (Å²) in [6.07, 6.45) is 3.77. The molecule has 1 N–H and O–H groups in total. The second kappa shape index (κ2) is 9.57. The van der Waals surface area contributed by atoms with Crippen molar-refractivity contribution in [3.63, 3.8) is 0 Å². The molecule has 0 saturated heterocycles. The molecule has 114 valence electrons. The Morgan fingerprint density at radius 3 is 2.50 bits per heavy atom. The largest absolute Gasteiger partial charge is 0.316 e. The van der Waals surface area contributed by atoms with Crippen LogP contribution in [0.25, 0.3) is 0 Å². The first-order chi connectivity index (χ1) is 9.52. The van der Waals surface area contributed by atoms with E-state index >= 15 is 0 Å². The number of hydrogen-bond donors (Lipinski definition) is 1. The molecule has 1 aromatic carbocycles. The molecular formula is C18H30BrN. The molecule has 0 bridgehead atoms. The zero-order chi connectivity index (χ0) is 15.0. The fourth-order valence-electron chi connectivity index (χ4n) is 2.69. The molecule has 2 heteroatoms. The van der Waals surface area contributed by atoms with Gasteiger partial charge in [-0.1, -0.05) is 68.6 Å². The van der Waals surface area contributed by atoms with Crippen molar-refractivity contribution in [2.45, 2.75) is 47.0 Å². The average molecular weight is 340 g/mol. The van der Waals surface area contributed by atoms with Gasteiger partial charge in [-0.05, 0) is 55.0 Å². The number of benzene rings is 1. The Bertz CT molecular complexity index is 375. The normalized spacial score (nSPS) is 14.5. The number of halogens is 1. The summed E-state index contributed by atoms with van der Waals surface area (Å²) >= 11 is 3.58. The lowest BCUT2D eigenvalue weighted by atomic mass is 9.85. The van der Waals surface area contributed by atoms with Crippen LogP contribution in [0.4, 0.5) is 0 Å². The summed E-state index contributed by atoms with van der Waals surface area (Å²) in [7, 11) is 0. The van der Waals surface area contributed by atoms with Gasteiger partial charge in [-0.3, -0.25) is 0 Å². The average Bonchev–Trinajstić information content (AvgIpc) is 2.37. The van der Waals surface area contributed by atoms with Gasteiger partial charge in [0.15, 0.2) is 0 Å². The van der Waals surface area contributed by atoms with Gasteiger partial charge in [0.2, 0.25) is 0 Å². The van der Waals surface area contributed by atoms with E-state index in [0.29, 0.717) is 0 Å². The van der Waals surface area contributed by atoms with Crippen molar-refractivity contribution in [3.8, 4) is 0 Å². The third-order valence-corrected chi connectivity index (χ3v) is 4.39. The minimum atomic E-state index is 0.725. The molecule has 1 rings (SSSR count). The van der Waals surface area contributed by atoms with Crippen molar-refractivity contribution in [2.24, 2.45) is 17.8 Å².